The summed E-state index contributed by atoms with van der Waals surface area (Å²) >= 11 is 0. The average molecular weight is 486 g/mol. The molecule has 7 heteroatoms. The minimum Gasteiger partial charge on any atom is -0.496 e. The minimum atomic E-state index is -0.453. The summed E-state index contributed by atoms with van der Waals surface area (Å²) in [4.78, 5) is 26.8. The molecule has 1 N–H and O–H groups in total. The van der Waals surface area contributed by atoms with Crippen LogP contribution in [0.2, 0.25) is 0 Å². The molecule has 7 nitrogen and oxygen atoms in total. The maximum Gasteiger partial charge on any atom is 0.255 e. The highest BCUT2D eigenvalue weighted by atomic mass is 16.5. The summed E-state index contributed by atoms with van der Waals surface area (Å²) < 4.78 is 5.76. The van der Waals surface area contributed by atoms with Crippen LogP contribution in [-0.4, -0.2) is 55.1 Å². The summed E-state index contributed by atoms with van der Waals surface area (Å²) in [6.07, 6.45) is 4.67. The number of amides is 1. The van der Waals surface area contributed by atoms with E-state index in [4.69, 9.17) is 9.72 Å². The molecule has 0 saturated carbocycles. The number of hydrogen-bond acceptors (Lipinski definition) is 6. The fourth-order valence-corrected chi connectivity index (χ4v) is 5.52. The molecule has 0 spiro atoms. The van der Waals surface area contributed by atoms with Gasteiger partial charge in [-0.25, -0.2) is 9.97 Å². The van der Waals surface area contributed by atoms with E-state index in [9.17, 15) is 4.79 Å². The number of benzene rings is 2. The van der Waals surface area contributed by atoms with E-state index in [1.165, 1.54) is 18.4 Å². The molecule has 1 saturated heterocycles. The quantitative estimate of drug-likeness (QED) is 0.568. The number of piperidine rings is 1. The van der Waals surface area contributed by atoms with Crippen LogP contribution in [0.1, 0.15) is 58.4 Å². The molecule has 2 aliphatic heterocycles. The molecule has 1 amide bonds. The van der Waals surface area contributed by atoms with Crippen molar-refractivity contribution >= 4 is 17.4 Å². The van der Waals surface area contributed by atoms with Crippen LogP contribution >= 0.6 is 0 Å². The molecule has 3 heterocycles. The number of nitrogens with one attached hydrogen (secondary N) is 1. The SMILES string of the molecule is COc1cc(C2CCN(C)CC2)ccc1Cc1ncc2c(n1)N(C)C(=O)C(c1c(C)cccc1C)N2. The number of likely N-dealkylation sites (tertiary alicyclic amines) is 1. The second-order valence-corrected chi connectivity index (χ2v) is 10.1. The van der Waals surface area contributed by atoms with E-state index in [1.54, 1.807) is 25.3 Å². The van der Waals surface area contributed by atoms with Crippen molar-refractivity contribution in [3.8, 4) is 5.75 Å². The third-order valence-electron chi connectivity index (χ3n) is 7.69. The van der Waals surface area contributed by atoms with E-state index in [0.717, 1.165) is 46.8 Å². The van der Waals surface area contributed by atoms with Crippen molar-refractivity contribution < 1.29 is 9.53 Å². The second-order valence-electron chi connectivity index (χ2n) is 10.1. The largest absolute Gasteiger partial charge is 0.496 e. The lowest BCUT2D eigenvalue weighted by Crippen LogP contribution is -2.41. The zero-order chi connectivity index (χ0) is 25.4. The predicted molar refractivity (Wildman–Crippen MR) is 143 cm³/mol. The predicted octanol–water partition coefficient (Wildman–Crippen LogP) is 4.63. The molecule has 2 aromatic carbocycles. The number of ether oxygens (including phenoxy) is 1. The molecular weight excluding hydrogens is 450 g/mol. The van der Waals surface area contributed by atoms with Gasteiger partial charge < -0.3 is 15.0 Å². The van der Waals surface area contributed by atoms with Crippen molar-refractivity contribution in [3.63, 3.8) is 0 Å². The number of aryl methyl sites for hydroxylation is 2. The fraction of sp³-hybridized carbons (Fsp3) is 0.414. The first-order valence-electron chi connectivity index (χ1n) is 12.7. The summed E-state index contributed by atoms with van der Waals surface area (Å²) in [6.45, 7) is 6.33. The van der Waals surface area contributed by atoms with Crippen LogP contribution in [0.3, 0.4) is 0 Å². The molecular formula is C29H35N5O2. The number of aromatic nitrogens is 2. The molecule has 1 aromatic heterocycles. The van der Waals surface area contributed by atoms with Gasteiger partial charge in [0, 0.05) is 19.0 Å². The molecule has 0 radical (unpaired) electrons. The lowest BCUT2D eigenvalue weighted by molar-refractivity contribution is -0.119. The summed E-state index contributed by atoms with van der Waals surface area (Å²) in [5.41, 5.74) is 6.33. The van der Waals surface area contributed by atoms with Gasteiger partial charge in [-0.2, -0.15) is 0 Å². The summed E-state index contributed by atoms with van der Waals surface area (Å²) in [6, 6.07) is 12.2. The van der Waals surface area contributed by atoms with E-state index in [0.29, 0.717) is 24.0 Å². The number of hydrogen-bond donors (Lipinski definition) is 1. The van der Waals surface area contributed by atoms with E-state index < -0.39 is 6.04 Å². The number of fused-ring (bicyclic) bond motifs is 1. The first-order chi connectivity index (χ1) is 17.4. The Morgan fingerprint density at radius 3 is 2.50 bits per heavy atom. The number of methoxy groups -OCH3 is 1. The number of anilines is 2. The van der Waals surface area contributed by atoms with Crippen LogP contribution in [0.5, 0.6) is 5.75 Å². The van der Waals surface area contributed by atoms with Crippen LogP contribution in [0.4, 0.5) is 11.5 Å². The van der Waals surface area contributed by atoms with Crippen LogP contribution in [0, 0.1) is 13.8 Å². The number of carbonyl (C=O) groups excluding carboxylic acids is 1. The lowest BCUT2D eigenvalue weighted by atomic mass is 9.88. The van der Waals surface area contributed by atoms with Crippen molar-refractivity contribution in [2.75, 3.05) is 44.5 Å². The van der Waals surface area contributed by atoms with Crippen LogP contribution < -0.4 is 15.0 Å². The van der Waals surface area contributed by atoms with Crippen molar-refractivity contribution in [2.45, 2.75) is 45.1 Å². The molecule has 1 fully saturated rings. The highest BCUT2D eigenvalue weighted by Crippen LogP contribution is 2.37. The van der Waals surface area contributed by atoms with Gasteiger partial charge in [0.25, 0.3) is 5.91 Å². The average Bonchev–Trinajstić information content (AvgIpc) is 2.88. The molecule has 188 valence electrons. The van der Waals surface area contributed by atoms with Gasteiger partial charge in [0.2, 0.25) is 0 Å². The Morgan fingerprint density at radius 2 is 1.81 bits per heavy atom. The van der Waals surface area contributed by atoms with E-state index in [2.05, 4.69) is 40.4 Å². The number of carbonyl (C=O) groups is 1. The second kappa shape index (κ2) is 9.90. The zero-order valence-corrected chi connectivity index (χ0v) is 21.8. The molecule has 0 bridgehead atoms. The van der Waals surface area contributed by atoms with Gasteiger partial charge in [-0.15, -0.1) is 0 Å². The Kier molecular flexibility index (Phi) is 6.67. The standard InChI is InChI=1S/C29H35N5O2/c1-18-7-6-8-19(2)26(18)27-29(35)34(4)28-23(31-27)17-30-25(32-28)16-22-10-9-21(15-24(22)36-5)20-11-13-33(3)14-12-20/h6-10,15,17,20,27,31H,11-14,16H2,1-5H3. The Hall–Kier alpha value is -3.45. The molecule has 1 atom stereocenters. The maximum atomic E-state index is 13.4. The van der Waals surface area contributed by atoms with Gasteiger partial charge in [0.1, 0.15) is 17.6 Å². The first kappa shape index (κ1) is 24.3. The maximum absolute atomic E-state index is 13.4. The van der Waals surface area contributed by atoms with Gasteiger partial charge >= 0.3 is 0 Å². The van der Waals surface area contributed by atoms with E-state index in [1.807, 2.05) is 32.0 Å². The Balaban J connectivity index is 1.38. The van der Waals surface area contributed by atoms with E-state index in [-0.39, 0.29) is 5.91 Å². The molecule has 2 aliphatic rings. The Labute approximate surface area is 213 Å². The molecule has 1 unspecified atom stereocenters. The third kappa shape index (κ3) is 4.55. The number of likely N-dealkylation sites (N-methyl/N-ethyl adjacent to an activating group) is 1. The topological polar surface area (TPSA) is 70.6 Å². The van der Waals surface area contributed by atoms with Crippen molar-refractivity contribution in [1.82, 2.24) is 14.9 Å². The summed E-state index contributed by atoms with van der Waals surface area (Å²) in [5, 5.41) is 3.39. The van der Waals surface area contributed by atoms with Gasteiger partial charge in [0.15, 0.2) is 5.82 Å². The van der Waals surface area contributed by atoms with Gasteiger partial charge in [-0.3, -0.25) is 9.69 Å². The van der Waals surface area contributed by atoms with Gasteiger partial charge in [0.05, 0.1) is 19.0 Å². The van der Waals surface area contributed by atoms with Crippen LogP contribution in [-0.2, 0) is 11.2 Å². The molecule has 3 aromatic rings. The van der Waals surface area contributed by atoms with Crippen molar-refractivity contribution in [3.05, 3.63) is 76.2 Å². The lowest BCUT2D eigenvalue weighted by Gasteiger charge is -2.33. The summed E-state index contributed by atoms with van der Waals surface area (Å²) in [5.74, 6) is 2.68. The minimum absolute atomic E-state index is 0.0235. The number of nitrogens with zero attached hydrogens (tertiary/aromatic N) is 4. The normalized spacial score (nSPS) is 18.6. The Morgan fingerprint density at radius 1 is 1.08 bits per heavy atom. The smallest absolute Gasteiger partial charge is 0.255 e. The van der Waals surface area contributed by atoms with Gasteiger partial charge in [-0.1, -0.05) is 30.3 Å². The van der Waals surface area contributed by atoms with Crippen molar-refractivity contribution in [1.29, 1.82) is 0 Å². The van der Waals surface area contributed by atoms with Gasteiger partial charge in [-0.05, 0) is 81.1 Å². The number of rotatable bonds is 5. The van der Waals surface area contributed by atoms with Crippen LogP contribution in [0.25, 0.3) is 0 Å². The first-order valence-corrected chi connectivity index (χ1v) is 12.7. The monoisotopic (exact) mass is 485 g/mol. The highest BCUT2D eigenvalue weighted by molar-refractivity contribution is 6.04. The molecule has 0 aliphatic carbocycles. The summed E-state index contributed by atoms with van der Waals surface area (Å²) in [7, 11) is 5.69. The zero-order valence-electron chi connectivity index (χ0n) is 21.8. The van der Waals surface area contributed by atoms with E-state index >= 15 is 0 Å². The fourth-order valence-electron chi connectivity index (χ4n) is 5.52. The Bertz CT molecular complexity index is 1260. The third-order valence-corrected chi connectivity index (χ3v) is 7.69. The highest BCUT2D eigenvalue weighted by Gasteiger charge is 2.34. The molecule has 5 rings (SSSR count). The van der Waals surface area contributed by atoms with Crippen LogP contribution in [0.15, 0.2) is 42.6 Å². The van der Waals surface area contributed by atoms with Crippen molar-refractivity contribution in [2.24, 2.45) is 0 Å². The molecule has 36 heavy (non-hydrogen) atoms.